The third-order valence-corrected chi connectivity index (χ3v) is 6.62. The van der Waals surface area contributed by atoms with Crippen LogP contribution in [0.15, 0.2) is 36.4 Å². The molecule has 1 saturated heterocycles. The van der Waals surface area contributed by atoms with Crippen LogP contribution in [0.25, 0.3) is 0 Å². The zero-order valence-electron chi connectivity index (χ0n) is 18.7. The van der Waals surface area contributed by atoms with Crippen LogP contribution in [0.4, 0.5) is 11.5 Å². The molecule has 1 amide bonds. The predicted molar refractivity (Wildman–Crippen MR) is 123 cm³/mol. The Labute approximate surface area is 184 Å². The Kier molecular flexibility index (Phi) is 6.16. The zero-order valence-corrected chi connectivity index (χ0v) is 18.7. The van der Waals surface area contributed by atoms with Crippen molar-refractivity contribution in [3.05, 3.63) is 53.2 Å². The lowest BCUT2D eigenvalue weighted by Gasteiger charge is -2.47. The Morgan fingerprint density at radius 1 is 1.29 bits per heavy atom. The minimum absolute atomic E-state index is 0.0322. The molecule has 7 heteroatoms. The molecule has 3 heterocycles. The van der Waals surface area contributed by atoms with Gasteiger partial charge in [-0.2, -0.15) is 0 Å². The van der Waals surface area contributed by atoms with Crippen molar-refractivity contribution in [1.82, 2.24) is 15.6 Å². The minimum Gasteiger partial charge on any atom is -0.374 e. The van der Waals surface area contributed by atoms with Gasteiger partial charge < -0.3 is 26.0 Å². The van der Waals surface area contributed by atoms with E-state index < -0.39 is 6.23 Å². The molecule has 1 aromatic heterocycles. The second-order valence-corrected chi connectivity index (χ2v) is 8.86. The van der Waals surface area contributed by atoms with Gasteiger partial charge in [-0.15, -0.1) is 0 Å². The zero-order chi connectivity index (χ0) is 22.1. The highest BCUT2D eigenvalue weighted by Crippen LogP contribution is 2.43. The third-order valence-electron chi connectivity index (χ3n) is 6.62. The predicted octanol–water partition coefficient (Wildman–Crippen LogP) is 2.82. The first-order chi connectivity index (χ1) is 14.8. The van der Waals surface area contributed by atoms with E-state index in [2.05, 4.69) is 34.8 Å². The van der Waals surface area contributed by atoms with Crippen LogP contribution in [0.5, 0.6) is 0 Å². The molecule has 0 spiro atoms. The van der Waals surface area contributed by atoms with Crippen LogP contribution in [-0.4, -0.2) is 47.4 Å². The largest absolute Gasteiger partial charge is 0.374 e. The summed E-state index contributed by atoms with van der Waals surface area (Å²) in [7, 11) is 0. The molecule has 2 aliphatic rings. The number of nitrogens with one attached hydrogen (secondary N) is 3. The number of benzene rings is 1. The fourth-order valence-corrected chi connectivity index (χ4v) is 4.79. The number of aliphatic hydroxyl groups excluding tert-OH is 1. The number of aryl methyl sites for hydroxylation is 1. The molecule has 31 heavy (non-hydrogen) atoms. The smallest absolute Gasteiger partial charge is 0.251 e. The fraction of sp³-hybridized carbons (Fsp3) is 0.500. The number of hydrogen-bond donors (Lipinski definition) is 4. The van der Waals surface area contributed by atoms with Crippen LogP contribution in [0, 0.1) is 12.8 Å². The van der Waals surface area contributed by atoms with E-state index in [0.29, 0.717) is 5.56 Å². The van der Waals surface area contributed by atoms with Gasteiger partial charge in [0, 0.05) is 41.5 Å². The molecule has 0 aliphatic carbocycles. The summed E-state index contributed by atoms with van der Waals surface area (Å²) in [4.78, 5) is 19.6. The number of fused-ring (bicyclic) bond motifs is 1. The average molecular weight is 424 g/mol. The Morgan fingerprint density at radius 2 is 2.10 bits per heavy atom. The van der Waals surface area contributed by atoms with Crippen LogP contribution in [0.3, 0.4) is 0 Å². The number of carbonyl (C=O) groups is 1. The van der Waals surface area contributed by atoms with Crippen molar-refractivity contribution >= 4 is 17.4 Å². The van der Waals surface area contributed by atoms with Gasteiger partial charge >= 0.3 is 0 Å². The van der Waals surface area contributed by atoms with Gasteiger partial charge in [-0.1, -0.05) is 13.0 Å². The summed E-state index contributed by atoms with van der Waals surface area (Å²) in [5, 5.41) is 20.5. The number of carbonyl (C=O) groups excluding carboxylic acids is 1. The Morgan fingerprint density at radius 3 is 2.77 bits per heavy atom. The minimum atomic E-state index is -0.626. The summed E-state index contributed by atoms with van der Waals surface area (Å²) < 4.78 is 0. The van der Waals surface area contributed by atoms with Gasteiger partial charge in [0.15, 0.2) is 0 Å². The van der Waals surface area contributed by atoms with E-state index >= 15 is 0 Å². The van der Waals surface area contributed by atoms with E-state index in [0.717, 1.165) is 42.3 Å². The SMILES string of the molecule is Cc1cccc(NC2c3cc(C(=O)NC4CCNC4)ccc3N(C(C)O)[C@@H](C)[C@@H]2C)n1. The summed E-state index contributed by atoms with van der Waals surface area (Å²) in [6.45, 7) is 9.81. The van der Waals surface area contributed by atoms with Crippen molar-refractivity contribution in [3.8, 4) is 0 Å². The highest BCUT2D eigenvalue weighted by Gasteiger charge is 2.38. The Balaban J connectivity index is 1.70. The van der Waals surface area contributed by atoms with Crippen molar-refractivity contribution in [2.75, 3.05) is 23.3 Å². The van der Waals surface area contributed by atoms with Gasteiger partial charge in [-0.3, -0.25) is 4.79 Å². The molecule has 1 aromatic carbocycles. The highest BCUT2D eigenvalue weighted by atomic mass is 16.3. The second kappa shape index (κ2) is 8.85. The normalized spacial score (nSPS) is 26.3. The molecule has 7 nitrogen and oxygen atoms in total. The van der Waals surface area contributed by atoms with Crippen molar-refractivity contribution in [3.63, 3.8) is 0 Å². The maximum Gasteiger partial charge on any atom is 0.251 e. The molecular formula is C24H33N5O2. The Hall–Kier alpha value is -2.64. The van der Waals surface area contributed by atoms with Crippen LogP contribution in [0.1, 0.15) is 54.8 Å². The Bertz CT molecular complexity index is 941. The average Bonchev–Trinajstić information content (AvgIpc) is 3.24. The van der Waals surface area contributed by atoms with Crippen LogP contribution >= 0.6 is 0 Å². The second-order valence-electron chi connectivity index (χ2n) is 8.86. The van der Waals surface area contributed by atoms with Crippen LogP contribution < -0.4 is 20.9 Å². The molecule has 3 unspecified atom stereocenters. The van der Waals surface area contributed by atoms with Crippen molar-refractivity contribution in [1.29, 1.82) is 0 Å². The molecule has 0 bridgehead atoms. The maximum absolute atomic E-state index is 12.9. The number of pyridine rings is 1. The first-order valence-corrected chi connectivity index (χ1v) is 11.2. The lowest BCUT2D eigenvalue weighted by atomic mass is 9.82. The number of nitrogens with zero attached hydrogens (tertiary/aromatic N) is 2. The van der Waals surface area contributed by atoms with Crippen LogP contribution in [0.2, 0.25) is 0 Å². The van der Waals surface area contributed by atoms with E-state index in [-0.39, 0.29) is 30.0 Å². The van der Waals surface area contributed by atoms with Gasteiger partial charge in [0.2, 0.25) is 0 Å². The number of amides is 1. The molecule has 166 valence electrons. The lowest BCUT2D eigenvalue weighted by molar-refractivity contribution is 0.0940. The van der Waals surface area contributed by atoms with Gasteiger partial charge in [0.25, 0.3) is 5.91 Å². The van der Waals surface area contributed by atoms with Crippen molar-refractivity contribution in [2.24, 2.45) is 5.92 Å². The topological polar surface area (TPSA) is 89.5 Å². The first kappa shape index (κ1) is 21.6. The summed E-state index contributed by atoms with van der Waals surface area (Å²) in [6.07, 6.45) is 0.322. The standard InChI is InChI=1S/C24H33N5O2/c1-14-6-5-7-22(26-14)28-23-15(2)16(3)29(17(4)30)21-9-8-18(12-20(21)23)24(31)27-19-10-11-25-13-19/h5-9,12,15-17,19,23,25,30H,10-11,13H2,1-4H3,(H,26,28)(H,27,31)/t15-,16-,17?,19?,23?/m0/s1. The highest BCUT2D eigenvalue weighted by molar-refractivity contribution is 5.95. The van der Waals surface area contributed by atoms with E-state index in [1.807, 2.05) is 48.2 Å². The van der Waals surface area contributed by atoms with E-state index in [9.17, 15) is 9.90 Å². The van der Waals surface area contributed by atoms with Gasteiger partial charge in [0.05, 0.1) is 6.04 Å². The summed E-state index contributed by atoms with van der Waals surface area (Å²) in [5.41, 5.74) is 3.55. The van der Waals surface area contributed by atoms with Gasteiger partial charge in [0.1, 0.15) is 12.0 Å². The van der Waals surface area contributed by atoms with Crippen molar-refractivity contribution in [2.45, 2.75) is 58.5 Å². The molecule has 2 aromatic rings. The summed E-state index contributed by atoms with van der Waals surface area (Å²) in [6, 6.07) is 12.0. The molecule has 0 radical (unpaired) electrons. The molecular weight excluding hydrogens is 390 g/mol. The molecule has 2 aliphatic heterocycles. The molecule has 1 fully saturated rings. The van der Waals surface area contributed by atoms with E-state index in [1.165, 1.54) is 0 Å². The summed E-state index contributed by atoms with van der Waals surface area (Å²) in [5.74, 6) is 0.938. The number of aliphatic hydroxyl groups is 1. The monoisotopic (exact) mass is 423 g/mol. The maximum atomic E-state index is 12.9. The molecule has 4 N–H and O–H groups in total. The quantitative estimate of drug-likeness (QED) is 0.591. The molecule has 0 saturated carbocycles. The fourth-order valence-electron chi connectivity index (χ4n) is 4.79. The summed E-state index contributed by atoms with van der Waals surface area (Å²) >= 11 is 0. The van der Waals surface area contributed by atoms with E-state index in [4.69, 9.17) is 0 Å². The number of aromatic nitrogens is 1. The van der Waals surface area contributed by atoms with E-state index in [1.54, 1.807) is 6.92 Å². The number of anilines is 2. The van der Waals surface area contributed by atoms with Crippen molar-refractivity contribution < 1.29 is 9.90 Å². The van der Waals surface area contributed by atoms with Crippen LogP contribution in [-0.2, 0) is 0 Å². The first-order valence-electron chi connectivity index (χ1n) is 11.2. The lowest BCUT2D eigenvalue weighted by Crippen LogP contribution is -2.50. The van der Waals surface area contributed by atoms with Gasteiger partial charge in [-0.05, 0) is 69.6 Å². The third kappa shape index (κ3) is 4.38. The molecule has 4 rings (SSSR count). The van der Waals surface area contributed by atoms with Gasteiger partial charge in [-0.25, -0.2) is 4.98 Å². The number of hydrogen-bond acceptors (Lipinski definition) is 6. The molecule has 5 atom stereocenters. The number of rotatable bonds is 5.